The molecule has 8 nitrogen and oxygen atoms in total. The number of hydrogen-bond donors (Lipinski definition) is 1. The lowest BCUT2D eigenvalue weighted by atomic mass is 10.1. The predicted octanol–water partition coefficient (Wildman–Crippen LogP) is 4.23. The minimum atomic E-state index is -0.614. The average molecular weight is 517 g/mol. The van der Waals surface area contributed by atoms with E-state index in [9.17, 15) is 9.59 Å². The number of ether oxygens (including phenoxy) is 2. The number of amides is 2. The quantitative estimate of drug-likeness (QED) is 0.526. The van der Waals surface area contributed by atoms with Crippen LogP contribution in [0.25, 0.3) is 10.6 Å². The van der Waals surface area contributed by atoms with Gasteiger partial charge >= 0.3 is 0 Å². The molecule has 10 heteroatoms. The van der Waals surface area contributed by atoms with Gasteiger partial charge in [0.15, 0.2) is 0 Å². The normalized spacial score (nSPS) is 15.5. The fourth-order valence-corrected chi connectivity index (χ4v) is 4.68. The molecule has 1 aliphatic heterocycles. The van der Waals surface area contributed by atoms with Crippen molar-refractivity contribution in [3.63, 3.8) is 0 Å². The molecule has 2 amide bonds. The zero-order valence-corrected chi connectivity index (χ0v) is 19.9. The summed E-state index contributed by atoms with van der Waals surface area (Å²) < 4.78 is 11.7. The maximum atomic E-state index is 13.3. The summed E-state index contributed by atoms with van der Waals surface area (Å²) in [6.07, 6.45) is 1.29. The van der Waals surface area contributed by atoms with Crippen LogP contribution in [0.4, 0.5) is 5.13 Å². The van der Waals surface area contributed by atoms with E-state index in [2.05, 4.69) is 31.4 Å². The predicted molar refractivity (Wildman–Crippen MR) is 125 cm³/mol. The van der Waals surface area contributed by atoms with E-state index in [4.69, 9.17) is 9.47 Å². The zero-order valence-electron chi connectivity index (χ0n) is 17.5. The van der Waals surface area contributed by atoms with Gasteiger partial charge in [-0.15, -0.1) is 10.2 Å². The molecule has 32 heavy (non-hydrogen) atoms. The van der Waals surface area contributed by atoms with E-state index < -0.39 is 6.04 Å². The lowest BCUT2D eigenvalue weighted by Gasteiger charge is -2.25. The second-order valence-corrected chi connectivity index (χ2v) is 9.00. The molecule has 1 aromatic heterocycles. The first-order chi connectivity index (χ1) is 15.5. The van der Waals surface area contributed by atoms with Crippen LogP contribution in [0.1, 0.15) is 23.2 Å². The Morgan fingerprint density at radius 1 is 1.09 bits per heavy atom. The number of nitrogens with zero attached hydrogens (tertiary/aromatic N) is 3. The highest BCUT2D eigenvalue weighted by molar-refractivity contribution is 9.10. The third kappa shape index (κ3) is 4.46. The van der Waals surface area contributed by atoms with Gasteiger partial charge in [0.25, 0.3) is 5.91 Å². The SMILES string of the molecule is COc1cccc(OC)c1C(=O)N1CCCC1C(=O)Nc1nnc(-c2ccc(Br)cc2)s1. The molecule has 1 N–H and O–H groups in total. The van der Waals surface area contributed by atoms with Crippen molar-refractivity contribution in [3.8, 4) is 22.1 Å². The van der Waals surface area contributed by atoms with E-state index in [0.717, 1.165) is 16.5 Å². The van der Waals surface area contributed by atoms with Gasteiger partial charge < -0.3 is 14.4 Å². The number of halogens is 1. The highest BCUT2D eigenvalue weighted by Crippen LogP contribution is 2.33. The summed E-state index contributed by atoms with van der Waals surface area (Å²) in [6, 6.07) is 12.2. The highest BCUT2D eigenvalue weighted by atomic mass is 79.9. The van der Waals surface area contributed by atoms with Crippen LogP contribution in [0, 0.1) is 0 Å². The van der Waals surface area contributed by atoms with Crippen LogP contribution in [0.15, 0.2) is 46.9 Å². The molecule has 4 rings (SSSR count). The fraction of sp³-hybridized carbons (Fsp3) is 0.273. The van der Waals surface area contributed by atoms with Crippen LogP contribution in [0.2, 0.25) is 0 Å². The van der Waals surface area contributed by atoms with E-state index in [1.165, 1.54) is 25.6 Å². The van der Waals surface area contributed by atoms with Gasteiger partial charge in [-0.1, -0.05) is 45.5 Å². The number of likely N-dealkylation sites (tertiary alicyclic amines) is 1. The van der Waals surface area contributed by atoms with Gasteiger partial charge in [0, 0.05) is 16.6 Å². The second kappa shape index (κ2) is 9.66. The Hall–Kier alpha value is -2.98. The van der Waals surface area contributed by atoms with Crippen molar-refractivity contribution >= 4 is 44.2 Å². The van der Waals surface area contributed by atoms with E-state index in [-0.39, 0.29) is 11.8 Å². The molecule has 0 spiro atoms. The maximum absolute atomic E-state index is 13.3. The Labute approximate surface area is 197 Å². The fourth-order valence-electron chi connectivity index (χ4n) is 3.66. The number of methoxy groups -OCH3 is 2. The topological polar surface area (TPSA) is 93.7 Å². The maximum Gasteiger partial charge on any atom is 0.262 e. The zero-order chi connectivity index (χ0) is 22.7. The molecule has 2 aromatic carbocycles. The van der Waals surface area contributed by atoms with E-state index in [1.807, 2.05) is 24.3 Å². The van der Waals surface area contributed by atoms with E-state index >= 15 is 0 Å². The Balaban J connectivity index is 1.51. The number of hydrogen-bond acceptors (Lipinski definition) is 7. The minimum absolute atomic E-state index is 0.289. The summed E-state index contributed by atoms with van der Waals surface area (Å²) in [7, 11) is 3.00. The van der Waals surface area contributed by atoms with Crippen LogP contribution in [-0.4, -0.2) is 53.7 Å². The van der Waals surface area contributed by atoms with Crippen LogP contribution in [0.5, 0.6) is 11.5 Å². The Morgan fingerprint density at radius 2 is 1.78 bits per heavy atom. The molecule has 3 aromatic rings. The Bertz CT molecular complexity index is 1110. The van der Waals surface area contributed by atoms with Gasteiger partial charge in [0.05, 0.1) is 14.2 Å². The molecule has 0 radical (unpaired) electrons. The van der Waals surface area contributed by atoms with Crippen molar-refractivity contribution in [1.82, 2.24) is 15.1 Å². The number of aromatic nitrogens is 2. The molecule has 0 aliphatic carbocycles. The standard InChI is InChI=1S/C22H21BrN4O4S/c1-30-16-6-3-7-17(31-2)18(16)21(29)27-12-4-5-15(27)19(28)24-22-26-25-20(32-22)13-8-10-14(23)11-9-13/h3,6-11,15H,4-5,12H2,1-2H3,(H,24,26,28). The summed E-state index contributed by atoms with van der Waals surface area (Å²) in [6.45, 7) is 0.471. The lowest BCUT2D eigenvalue weighted by molar-refractivity contribution is -0.119. The molecule has 166 valence electrons. The van der Waals surface area contributed by atoms with Gasteiger partial charge in [-0.2, -0.15) is 0 Å². The Kier molecular flexibility index (Phi) is 6.71. The van der Waals surface area contributed by atoms with Crippen molar-refractivity contribution in [2.45, 2.75) is 18.9 Å². The molecule has 1 unspecified atom stereocenters. The monoisotopic (exact) mass is 516 g/mol. The molecule has 2 heterocycles. The summed E-state index contributed by atoms with van der Waals surface area (Å²) in [5.74, 6) is 0.223. The first-order valence-corrected chi connectivity index (χ1v) is 11.5. The van der Waals surface area contributed by atoms with Crippen LogP contribution >= 0.6 is 27.3 Å². The number of carbonyl (C=O) groups excluding carboxylic acids is 2. The molecule has 1 atom stereocenters. The first-order valence-electron chi connectivity index (χ1n) is 9.94. The van der Waals surface area contributed by atoms with E-state index in [0.29, 0.717) is 40.2 Å². The van der Waals surface area contributed by atoms with Crippen LogP contribution in [0.3, 0.4) is 0 Å². The summed E-state index contributed by atoms with van der Waals surface area (Å²) >= 11 is 4.69. The van der Waals surface area contributed by atoms with Crippen molar-refractivity contribution in [2.24, 2.45) is 0 Å². The summed E-state index contributed by atoms with van der Waals surface area (Å²) in [5.41, 5.74) is 1.22. The van der Waals surface area contributed by atoms with Crippen molar-refractivity contribution < 1.29 is 19.1 Å². The van der Waals surface area contributed by atoms with Crippen molar-refractivity contribution in [2.75, 3.05) is 26.1 Å². The van der Waals surface area contributed by atoms with Gasteiger partial charge in [-0.3, -0.25) is 14.9 Å². The van der Waals surface area contributed by atoms with Crippen molar-refractivity contribution in [3.05, 3.63) is 52.5 Å². The molecule has 1 aliphatic rings. The minimum Gasteiger partial charge on any atom is -0.496 e. The third-order valence-corrected chi connectivity index (χ3v) is 6.62. The molecular formula is C22H21BrN4O4S. The van der Waals surface area contributed by atoms with Crippen molar-refractivity contribution in [1.29, 1.82) is 0 Å². The number of nitrogens with one attached hydrogen (secondary N) is 1. The largest absolute Gasteiger partial charge is 0.496 e. The van der Waals surface area contributed by atoms with Crippen LogP contribution < -0.4 is 14.8 Å². The average Bonchev–Trinajstić information content (AvgIpc) is 3.48. The van der Waals surface area contributed by atoms with Gasteiger partial charge in [-0.25, -0.2) is 0 Å². The molecule has 0 bridgehead atoms. The second-order valence-electron chi connectivity index (χ2n) is 7.10. The van der Waals surface area contributed by atoms with Gasteiger partial charge in [0.1, 0.15) is 28.1 Å². The molecule has 1 fully saturated rings. The third-order valence-electron chi connectivity index (χ3n) is 5.20. The number of rotatable bonds is 6. The first kappa shape index (κ1) is 22.2. The molecular weight excluding hydrogens is 496 g/mol. The molecule has 0 saturated carbocycles. The van der Waals surface area contributed by atoms with E-state index in [1.54, 1.807) is 23.1 Å². The lowest BCUT2D eigenvalue weighted by Crippen LogP contribution is -2.43. The number of benzene rings is 2. The van der Waals surface area contributed by atoms with Gasteiger partial charge in [-0.05, 0) is 37.1 Å². The number of carbonyl (C=O) groups is 2. The van der Waals surface area contributed by atoms with Gasteiger partial charge in [0.2, 0.25) is 11.0 Å². The van der Waals surface area contributed by atoms with Crippen LogP contribution in [-0.2, 0) is 4.79 Å². The smallest absolute Gasteiger partial charge is 0.262 e. The summed E-state index contributed by atoms with van der Waals surface area (Å²) in [4.78, 5) is 27.9. The molecule has 1 saturated heterocycles. The highest BCUT2D eigenvalue weighted by Gasteiger charge is 2.37. The Morgan fingerprint density at radius 3 is 2.44 bits per heavy atom. The number of anilines is 1. The summed E-state index contributed by atoms with van der Waals surface area (Å²) in [5, 5.41) is 12.2.